The SMILES string of the molecule is Cc1ccccc1C(=O)NNc1ncnc(N(CCC#N)CCC#N)c1[N+](=O)[O-]. The van der Waals surface area contributed by atoms with E-state index in [1.165, 1.54) is 4.90 Å². The summed E-state index contributed by atoms with van der Waals surface area (Å²) in [5, 5.41) is 29.3. The summed E-state index contributed by atoms with van der Waals surface area (Å²) in [5.41, 5.74) is 5.56. The number of carbonyl (C=O) groups excluding carboxylic acids is 1. The minimum atomic E-state index is -0.677. The molecule has 148 valence electrons. The van der Waals surface area contributed by atoms with E-state index in [1.54, 1.807) is 31.2 Å². The normalized spacial score (nSPS) is 9.76. The lowest BCUT2D eigenvalue weighted by atomic mass is 10.1. The van der Waals surface area contributed by atoms with Gasteiger partial charge in [-0.1, -0.05) is 18.2 Å². The molecule has 0 aliphatic carbocycles. The molecular formula is C18H18N8O3. The number of nitrogens with one attached hydrogen (secondary N) is 2. The number of aryl methyl sites for hydroxylation is 1. The average molecular weight is 394 g/mol. The third-order valence-electron chi connectivity index (χ3n) is 3.96. The number of amides is 1. The monoisotopic (exact) mass is 394 g/mol. The number of aromatic nitrogens is 2. The lowest BCUT2D eigenvalue weighted by molar-refractivity contribution is -0.383. The van der Waals surface area contributed by atoms with E-state index in [0.717, 1.165) is 11.9 Å². The van der Waals surface area contributed by atoms with Gasteiger partial charge < -0.3 is 4.90 Å². The van der Waals surface area contributed by atoms with Crippen LogP contribution in [-0.2, 0) is 0 Å². The van der Waals surface area contributed by atoms with Gasteiger partial charge in [0.05, 0.1) is 29.9 Å². The van der Waals surface area contributed by atoms with Gasteiger partial charge in [-0.05, 0) is 18.6 Å². The molecule has 0 atom stereocenters. The molecule has 1 heterocycles. The molecule has 29 heavy (non-hydrogen) atoms. The van der Waals surface area contributed by atoms with Crippen LogP contribution in [0.25, 0.3) is 0 Å². The Kier molecular flexibility index (Phi) is 7.39. The molecule has 11 heteroatoms. The first-order chi connectivity index (χ1) is 14.0. The van der Waals surface area contributed by atoms with Gasteiger partial charge in [0.1, 0.15) is 6.33 Å². The predicted molar refractivity (Wildman–Crippen MR) is 104 cm³/mol. The third kappa shape index (κ3) is 5.37. The van der Waals surface area contributed by atoms with Crippen LogP contribution in [0.3, 0.4) is 0 Å². The van der Waals surface area contributed by atoms with E-state index in [2.05, 4.69) is 20.8 Å². The van der Waals surface area contributed by atoms with Crippen LogP contribution < -0.4 is 15.8 Å². The van der Waals surface area contributed by atoms with Crippen LogP contribution in [0.2, 0.25) is 0 Å². The second kappa shape index (κ2) is 10.2. The Balaban J connectivity index is 2.30. The molecule has 2 aromatic rings. The molecule has 1 amide bonds. The predicted octanol–water partition coefficient (Wildman–Crippen LogP) is 2.08. The molecule has 2 N–H and O–H groups in total. The second-order valence-corrected chi connectivity index (χ2v) is 5.85. The molecule has 0 aliphatic rings. The van der Waals surface area contributed by atoms with Crippen LogP contribution >= 0.6 is 0 Å². The Morgan fingerprint density at radius 3 is 2.45 bits per heavy atom. The Morgan fingerprint density at radius 1 is 1.21 bits per heavy atom. The van der Waals surface area contributed by atoms with E-state index >= 15 is 0 Å². The Hall–Kier alpha value is -4.25. The van der Waals surface area contributed by atoms with E-state index in [0.29, 0.717) is 5.56 Å². The van der Waals surface area contributed by atoms with Crippen molar-refractivity contribution in [3.05, 3.63) is 51.8 Å². The van der Waals surface area contributed by atoms with Gasteiger partial charge in [0.25, 0.3) is 5.91 Å². The maximum atomic E-state index is 12.4. The molecule has 0 bridgehead atoms. The zero-order valence-corrected chi connectivity index (χ0v) is 15.6. The van der Waals surface area contributed by atoms with Gasteiger partial charge in [0.15, 0.2) is 0 Å². The number of benzene rings is 1. The fourth-order valence-corrected chi connectivity index (χ4v) is 2.56. The highest BCUT2D eigenvalue weighted by Crippen LogP contribution is 2.31. The van der Waals surface area contributed by atoms with E-state index < -0.39 is 16.5 Å². The molecule has 0 unspecified atom stereocenters. The fourth-order valence-electron chi connectivity index (χ4n) is 2.56. The second-order valence-electron chi connectivity index (χ2n) is 5.85. The summed E-state index contributed by atoms with van der Waals surface area (Å²) in [4.78, 5) is 32.7. The van der Waals surface area contributed by atoms with E-state index in [4.69, 9.17) is 10.5 Å². The summed E-state index contributed by atoms with van der Waals surface area (Å²) in [5.74, 6) is -0.729. The highest BCUT2D eigenvalue weighted by atomic mass is 16.6. The third-order valence-corrected chi connectivity index (χ3v) is 3.96. The van der Waals surface area contributed by atoms with Crippen molar-refractivity contribution in [1.82, 2.24) is 15.4 Å². The highest BCUT2D eigenvalue weighted by molar-refractivity contribution is 5.96. The minimum absolute atomic E-state index is 0.0388. The van der Waals surface area contributed by atoms with Crippen molar-refractivity contribution in [1.29, 1.82) is 10.5 Å². The first-order valence-corrected chi connectivity index (χ1v) is 8.59. The van der Waals surface area contributed by atoms with E-state index in [1.807, 2.05) is 12.1 Å². The molecule has 0 saturated heterocycles. The number of hydrogen-bond donors (Lipinski definition) is 2. The van der Waals surface area contributed by atoms with Crippen molar-refractivity contribution in [2.45, 2.75) is 19.8 Å². The summed E-state index contributed by atoms with van der Waals surface area (Å²) in [6.07, 6.45) is 1.30. The maximum absolute atomic E-state index is 12.4. The van der Waals surface area contributed by atoms with Gasteiger partial charge >= 0.3 is 5.69 Å². The summed E-state index contributed by atoms with van der Waals surface area (Å²) < 4.78 is 0. The van der Waals surface area contributed by atoms with Crippen molar-refractivity contribution in [3.63, 3.8) is 0 Å². The first kappa shape index (κ1) is 21.1. The van der Waals surface area contributed by atoms with Crippen LogP contribution in [0.15, 0.2) is 30.6 Å². The van der Waals surface area contributed by atoms with Gasteiger partial charge in [0.2, 0.25) is 11.6 Å². The Morgan fingerprint density at radius 2 is 1.86 bits per heavy atom. The van der Waals surface area contributed by atoms with Gasteiger partial charge in [0, 0.05) is 18.7 Å². The molecule has 11 nitrogen and oxygen atoms in total. The Labute approximate surface area is 166 Å². The summed E-state index contributed by atoms with van der Waals surface area (Å²) in [6, 6.07) is 10.8. The van der Waals surface area contributed by atoms with Gasteiger partial charge in [-0.25, -0.2) is 9.97 Å². The molecule has 0 saturated carbocycles. The fraction of sp³-hybridized carbons (Fsp3) is 0.278. The van der Waals surface area contributed by atoms with Crippen molar-refractivity contribution in [3.8, 4) is 12.1 Å². The molecular weight excluding hydrogens is 376 g/mol. The lowest BCUT2D eigenvalue weighted by Crippen LogP contribution is -2.32. The molecule has 0 radical (unpaired) electrons. The zero-order chi connectivity index (χ0) is 21.2. The number of nitrogens with zero attached hydrogens (tertiary/aromatic N) is 6. The lowest BCUT2D eigenvalue weighted by Gasteiger charge is -2.21. The molecule has 0 aliphatic heterocycles. The average Bonchev–Trinajstić information content (AvgIpc) is 2.72. The minimum Gasteiger partial charge on any atom is -0.349 e. The highest BCUT2D eigenvalue weighted by Gasteiger charge is 2.27. The molecule has 0 spiro atoms. The number of nitriles is 2. The summed E-state index contributed by atoms with van der Waals surface area (Å²) in [6.45, 7) is 2.08. The molecule has 2 rings (SSSR count). The number of anilines is 2. The summed E-state index contributed by atoms with van der Waals surface area (Å²) >= 11 is 0. The zero-order valence-electron chi connectivity index (χ0n) is 15.6. The van der Waals surface area contributed by atoms with Crippen LogP contribution in [-0.4, -0.2) is 33.9 Å². The number of nitro groups is 1. The van der Waals surface area contributed by atoms with E-state index in [-0.39, 0.29) is 37.6 Å². The van der Waals surface area contributed by atoms with Gasteiger partial charge in [-0.2, -0.15) is 10.5 Å². The number of hydrogen-bond acceptors (Lipinski definition) is 9. The van der Waals surface area contributed by atoms with Crippen molar-refractivity contribution >= 4 is 23.2 Å². The number of hydrazine groups is 1. The van der Waals surface area contributed by atoms with E-state index in [9.17, 15) is 14.9 Å². The van der Waals surface area contributed by atoms with Crippen LogP contribution in [0.4, 0.5) is 17.3 Å². The number of carbonyl (C=O) groups is 1. The quantitative estimate of drug-likeness (QED) is 0.479. The van der Waals surface area contributed by atoms with Crippen molar-refractivity contribution in [2.75, 3.05) is 23.4 Å². The summed E-state index contributed by atoms with van der Waals surface area (Å²) in [7, 11) is 0. The largest absolute Gasteiger partial charge is 0.355 e. The smallest absolute Gasteiger partial charge is 0.349 e. The van der Waals surface area contributed by atoms with Gasteiger partial charge in [-0.15, -0.1) is 0 Å². The van der Waals surface area contributed by atoms with Crippen LogP contribution in [0.1, 0.15) is 28.8 Å². The van der Waals surface area contributed by atoms with Crippen molar-refractivity contribution in [2.24, 2.45) is 0 Å². The Bertz CT molecular complexity index is 962. The molecule has 1 aromatic carbocycles. The topological polar surface area (TPSA) is 161 Å². The molecule has 1 aromatic heterocycles. The maximum Gasteiger partial charge on any atom is 0.355 e. The van der Waals surface area contributed by atoms with Crippen LogP contribution in [0.5, 0.6) is 0 Å². The van der Waals surface area contributed by atoms with Crippen LogP contribution in [0, 0.1) is 39.7 Å². The number of rotatable bonds is 9. The van der Waals surface area contributed by atoms with Gasteiger partial charge in [-0.3, -0.25) is 25.8 Å². The standard InChI is InChI=1S/C18H18N8O3/c1-13-6-2-3-7-14(13)18(27)24-23-16-15(26(28)29)17(22-12-21-16)25(10-4-8-19)11-5-9-20/h2-3,6-7,12H,4-5,10-11H2,1H3,(H,24,27)(H,21,22,23). The van der Waals surface area contributed by atoms with Crippen molar-refractivity contribution < 1.29 is 9.72 Å². The molecule has 0 fully saturated rings. The first-order valence-electron chi connectivity index (χ1n) is 8.59.